The van der Waals surface area contributed by atoms with Gasteiger partial charge in [-0.3, -0.25) is 19.4 Å². The summed E-state index contributed by atoms with van der Waals surface area (Å²) < 4.78 is 12.9. The summed E-state index contributed by atoms with van der Waals surface area (Å²) in [6.07, 6.45) is -0.967. The van der Waals surface area contributed by atoms with Crippen LogP contribution in [0.3, 0.4) is 0 Å². The van der Waals surface area contributed by atoms with Crippen molar-refractivity contribution in [3.63, 3.8) is 0 Å². The van der Waals surface area contributed by atoms with E-state index in [2.05, 4.69) is 30.9 Å². The van der Waals surface area contributed by atoms with E-state index in [0.29, 0.717) is 17.7 Å². The van der Waals surface area contributed by atoms with E-state index in [1.807, 2.05) is 24.3 Å². The van der Waals surface area contributed by atoms with Gasteiger partial charge in [0.25, 0.3) is 11.8 Å². The third kappa shape index (κ3) is 4.79. The molecule has 0 spiro atoms. The summed E-state index contributed by atoms with van der Waals surface area (Å²) in [6, 6.07) is 14.3. The van der Waals surface area contributed by atoms with E-state index in [-0.39, 0.29) is 49.5 Å². The molecule has 2 amide bonds. The lowest BCUT2D eigenvalue weighted by atomic mass is 9.74. The quantitative estimate of drug-likeness (QED) is 0.223. The molecule has 2 fully saturated rings. The zero-order chi connectivity index (χ0) is 26.3. The van der Waals surface area contributed by atoms with E-state index in [4.69, 9.17) is 15.0 Å². The molecule has 11 heteroatoms. The third-order valence-corrected chi connectivity index (χ3v) is 7.90. The normalized spacial score (nSPS) is 28.6. The van der Waals surface area contributed by atoms with Crippen LogP contribution in [-0.2, 0) is 9.47 Å². The van der Waals surface area contributed by atoms with Crippen molar-refractivity contribution >= 4 is 27.7 Å². The molecule has 5 rings (SSSR count). The number of amides is 2. The van der Waals surface area contributed by atoms with Crippen LogP contribution in [0.15, 0.2) is 58.1 Å². The van der Waals surface area contributed by atoms with E-state index < -0.39 is 18.0 Å². The second-order valence-electron chi connectivity index (χ2n) is 9.98. The number of fused-ring (bicyclic) bond motifs is 1. The first-order valence-electron chi connectivity index (χ1n) is 12.2. The molecule has 0 radical (unpaired) electrons. The highest BCUT2D eigenvalue weighted by atomic mass is 79.9. The van der Waals surface area contributed by atoms with E-state index in [0.717, 1.165) is 10.0 Å². The standard InChI is InChI=1S/C26H28BrN5O5/c1-26(2)36-21(22(14-33)37-26)13-31-19(11-29-30-28)23(15-7-9-16(27)10-8-15)20(31)12-32-24(34)17-5-3-4-6-18(17)25(32)35/h3-10,19-23,33H,11-14H2,1-2H3/t19-,20+,21-,22+,23+/m0/s1. The van der Waals surface area contributed by atoms with Gasteiger partial charge < -0.3 is 14.6 Å². The molecule has 2 aromatic rings. The minimum Gasteiger partial charge on any atom is -0.394 e. The number of nitrogens with zero attached hydrogens (tertiary/aromatic N) is 5. The summed E-state index contributed by atoms with van der Waals surface area (Å²) in [7, 11) is 0. The Balaban J connectivity index is 1.48. The largest absolute Gasteiger partial charge is 0.394 e. The number of carbonyl (C=O) groups is 2. The molecule has 3 aliphatic heterocycles. The number of azide groups is 1. The number of ether oxygens (including phenoxy) is 2. The van der Waals surface area contributed by atoms with Crippen LogP contribution in [-0.4, -0.2) is 83.0 Å². The molecule has 194 valence electrons. The number of likely N-dealkylation sites (tertiary alicyclic amines) is 1. The summed E-state index contributed by atoms with van der Waals surface area (Å²) in [4.78, 5) is 32.8. The summed E-state index contributed by atoms with van der Waals surface area (Å²) >= 11 is 3.48. The monoisotopic (exact) mass is 569 g/mol. The van der Waals surface area contributed by atoms with Crippen molar-refractivity contribution in [3.8, 4) is 0 Å². The van der Waals surface area contributed by atoms with Gasteiger partial charge in [-0.1, -0.05) is 45.3 Å². The smallest absolute Gasteiger partial charge is 0.261 e. The summed E-state index contributed by atoms with van der Waals surface area (Å²) in [6.45, 7) is 4.13. The predicted molar refractivity (Wildman–Crippen MR) is 138 cm³/mol. The van der Waals surface area contributed by atoms with Gasteiger partial charge in [-0.15, -0.1) is 0 Å². The highest BCUT2D eigenvalue weighted by Crippen LogP contribution is 2.44. The fourth-order valence-electron chi connectivity index (χ4n) is 5.79. The van der Waals surface area contributed by atoms with Crippen LogP contribution in [0.4, 0.5) is 0 Å². The molecule has 0 bridgehead atoms. The Bertz CT molecular complexity index is 1210. The molecular formula is C26H28BrN5O5. The molecule has 3 aliphatic rings. The maximum absolute atomic E-state index is 13.2. The Kier molecular flexibility index (Phi) is 7.10. The van der Waals surface area contributed by atoms with E-state index >= 15 is 0 Å². The average Bonchev–Trinajstić information content (AvgIpc) is 3.31. The maximum Gasteiger partial charge on any atom is 0.261 e. The van der Waals surface area contributed by atoms with Gasteiger partial charge in [0.05, 0.1) is 17.7 Å². The topological polar surface area (TPSA) is 128 Å². The van der Waals surface area contributed by atoms with Crippen LogP contribution in [0.5, 0.6) is 0 Å². The van der Waals surface area contributed by atoms with Crippen LogP contribution in [0.1, 0.15) is 46.0 Å². The second-order valence-corrected chi connectivity index (χ2v) is 10.9. The molecule has 0 saturated carbocycles. The molecule has 0 aromatic heterocycles. The third-order valence-electron chi connectivity index (χ3n) is 7.37. The molecule has 0 unspecified atom stereocenters. The number of hydrogen-bond donors (Lipinski definition) is 1. The van der Waals surface area contributed by atoms with E-state index in [9.17, 15) is 14.7 Å². The first-order valence-corrected chi connectivity index (χ1v) is 13.0. The van der Waals surface area contributed by atoms with Crippen molar-refractivity contribution < 1.29 is 24.2 Å². The minimum atomic E-state index is -0.855. The molecular weight excluding hydrogens is 542 g/mol. The Labute approximate surface area is 222 Å². The second kappa shape index (κ2) is 10.2. The number of benzene rings is 2. The molecule has 5 atom stereocenters. The first-order chi connectivity index (χ1) is 17.7. The van der Waals surface area contributed by atoms with E-state index in [1.165, 1.54) is 4.90 Å². The van der Waals surface area contributed by atoms with Gasteiger partial charge >= 0.3 is 0 Å². The number of hydrogen-bond acceptors (Lipinski definition) is 7. The first kappa shape index (κ1) is 25.8. The molecule has 2 aromatic carbocycles. The minimum absolute atomic E-state index is 0.106. The molecule has 37 heavy (non-hydrogen) atoms. The number of imide groups is 1. The van der Waals surface area contributed by atoms with Crippen molar-refractivity contribution in [3.05, 3.63) is 80.1 Å². The number of halogens is 1. The van der Waals surface area contributed by atoms with Crippen LogP contribution in [0.25, 0.3) is 10.4 Å². The van der Waals surface area contributed by atoms with Gasteiger partial charge in [0.2, 0.25) is 0 Å². The molecule has 1 N–H and O–H groups in total. The van der Waals surface area contributed by atoms with E-state index in [1.54, 1.807) is 38.1 Å². The van der Waals surface area contributed by atoms with Crippen molar-refractivity contribution in [2.75, 3.05) is 26.2 Å². The number of carbonyl (C=O) groups excluding carboxylic acids is 2. The lowest BCUT2D eigenvalue weighted by Crippen LogP contribution is -2.68. The van der Waals surface area contributed by atoms with Crippen molar-refractivity contribution in [1.82, 2.24) is 9.80 Å². The van der Waals surface area contributed by atoms with Gasteiger partial charge in [-0.25, -0.2) is 0 Å². The van der Waals surface area contributed by atoms with Crippen molar-refractivity contribution in [2.24, 2.45) is 5.11 Å². The number of aliphatic hydroxyl groups excluding tert-OH is 1. The van der Waals surface area contributed by atoms with Gasteiger partial charge in [0, 0.05) is 47.0 Å². The Morgan fingerprint density at radius 2 is 1.62 bits per heavy atom. The number of aliphatic hydroxyl groups is 1. The lowest BCUT2D eigenvalue weighted by molar-refractivity contribution is -0.154. The van der Waals surface area contributed by atoms with Crippen LogP contribution < -0.4 is 0 Å². The fraction of sp³-hybridized carbons (Fsp3) is 0.462. The maximum atomic E-state index is 13.2. The van der Waals surface area contributed by atoms with Crippen molar-refractivity contribution in [1.29, 1.82) is 0 Å². The summed E-state index contributed by atoms with van der Waals surface area (Å²) in [5.74, 6) is -1.59. The van der Waals surface area contributed by atoms with Gasteiger partial charge in [-0.05, 0) is 49.2 Å². The Morgan fingerprint density at radius 3 is 2.22 bits per heavy atom. The zero-order valence-electron chi connectivity index (χ0n) is 20.5. The number of rotatable bonds is 8. The van der Waals surface area contributed by atoms with Crippen LogP contribution in [0, 0.1) is 0 Å². The van der Waals surface area contributed by atoms with Crippen LogP contribution >= 0.6 is 15.9 Å². The molecule has 0 aliphatic carbocycles. The average molecular weight is 570 g/mol. The fourth-order valence-corrected chi connectivity index (χ4v) is 6.05. The summed E-state index contributed by atoms with van der Waals surface area (Å²) in [5, 5.41) is 13.8. The SMILES string of the molecule is CC1(C)O[C@@H](CN2[C@H](CN3C(=O)c4ccccc4C3=O)[C@H](c3ccc(Br)cc3)[C@@H]2CN=[N+]=[N-])[C@@H](CO)O1. The van der Waals surface area contributed by atoms with Gasteiger partial charge in [0.15, 0.2) is 5.79 Å². The Morgan fingerprint density at radius 1 is 1.00 bits per heavy atom. The molecule has 2 saturated heterocycles. The lowest BCUT2D eigenvalue weighted by Gasteiger charge is -2.56. The predicted octanol–water partition coefficient (Wildman–Crippen LogP) is 3.70. The highest BCUT2D eigenvalue weighted by Gasteiger charge is 2.53. The highest BCUT2D eigenvalue weighted by molar-refractivity contribution is 9.10. The summed E-state index contributed by atoms with van der Waals surface area (Å²) in [5.41, 5.74) is 10.9. The molecule has 3 heterocycles. The van der Waals surface area contributed by atoms with Gasteiger partial charge in [0.1, 0.15) is 12.2 Å². The Hall–Kier alpha value is -2.79. The van der Waals surface area contributed by atoms with Crippen LogP contribution in [0.2, 0.25) is 0 Å². The van der Waals surface area contributed by atoms with Gasteiger partial charge in [-0.2, -0.15) is 0 Å². The molecule has 10 nitrogen and oxygen atoms in total. The zero-order valence-corrected chi connectivity index (χ0v) is 22.1. The van der Waals surface area contributed by atoms with Crippen molar-refractivity contribution in [2.45, 2.75) is 49.8 Å².